The Morgan fingerprint density at radius 2 is 1.97 bits per heavy atom. The van der Waals surface area contributed by atoms with E-state index in [1.807, 2.05) is 38.1 Å². The molecule has 1 aromatic carbocycles. The molecule has 1 spiro atoms. The third-order valence-corrected chi connectivity index (χ3v) is 7.38. The first kappa shape index (κ1) is 23.8. The fourth-order valence-electron chi connectivity index (χ4n) is 5.63. The second-order valence-electron chi connectivity index (χ2n) is 10.1. The van der Waals surface area contributed by atoms with Crippen LogP contribution in [0.5, 0.6) is 0 Å². The van der Waals surface area contributed by atoms with Crippen molar-refractivity contribution in [1.82, 2.24) is 14.5 Å². The third kappa shape index (κ3) is 3.86. The minimum Gasteiger partial charge on any atom is -0.373 e. The zero-order chi connectivity index (χ0) is 25.4. The smallest absolute Gasteiger partial charge is 0.259 e. The van der Waals surface area contributed by atoms with Gasteiger partial charge in [-0.05, 0) is 60.2 Å². The molecule has 1 saturated heterocycles. The molecule has 36 heavy (non-hydrogen) atoms. The SMILES string of the molecule is CC(C)C[C@@H](C(=O)N1C[C@@]2(C[C@H]1C#N)c1ccccc1NC2O)n1cccc(-c2ccncc2)c1=O. The summed E-state index contributed by atoms with van der Waals surface area (Å²) >= 11 is 0. The van der Waals surface area contributed by atoms with Crippen molar-refractivity contribution in [2.24, 2.45) is 5.92 Å². The Hall–Kier alpha value is -3.96. The van der Waals surface area contributed by atoms with E-state index in [1.54, 1.807) is 47.8 Å². The molecule has 8 nitrogen and oxygen atoms in total. The highest BCUT2D eigenvalue weighted by molar-refractivity contribution is 5.82. The summed E-state index contributed by atoms with van der Waals surface area (Å²) in [6.45, 7) is 4.21. The predicted octanol–water partition coefficient (Wildman–Crippen LogP) is 3.30. The van der Waals surface area contributed by atoms with Gasteiger partial charge < -0.3 is 19.9 Å². The van der Waals surface area contributed by atoms with Crippen molar-refractivity contribution in [3.8, 4) is 17.2 Å². The highest BCUT2D eigenvalue weighted by Gasteiger charge is 2.56. The molecule has 3 aromatic rings. The number of fused-ring (bicyclic) bond motifs is 2. The molecule has 2 N–H and O–H groups in total. The van der Waals surface area contributed by atoms with Crippen LogP contribution in [0.15, 0.2) is 71.9 Å². The maximum atomic E-state index is 14.1. The molecular formula is C28H29N5O3. The van der Waals surface area contributed by atoms with Crippen LogP contribution in [0.2, 0.25) is 0 Å². The van der Waals surface area contributed by atoms with Crippen LogP contribution in [0, 0.1) is 17.2 Å². The molecule has 0 radical (unpaired) electrons. The largest absolute Gasteiger partial charge is 0.373 e. The maximum absolute atomic E-state index is 14.1. The van der Waals surface area contributed by atoms with Crippen LogP contribution in [0.25, 0.3) is 11.1 Å². The molecule has 184 valence electrons. The number of rotatable bonds is 5. The van der Waals surface area contributed by atoms with Gasteiger partial charge in [0.1, 0.15) is 18.3 Å². The van der Waals surface area contributed by atoms with Crippen LogP contribution in [-0.4, -0.2) is 44.3 Å². The summed E-state index contributed by atoms with van der Waals surface area (Å²) in [6, 6.07) is 15.5. The van der Waals surface area contributed by atoms with E-state index < -0.39 is 23.7 Å². The van der Waals surface area contributed by atoms with Crippen LogP contribution >= 0.6 is 0 Å². The summed E-state index contributed by atoms with van der Waals surface area (Å²) in [4.78, 5) is 33.3. The molecule has 1 amide bonds. The van der Waals surface area contributed by atoms with Gasteiger partial charge in [-0.25, -0.2) is 0 Å². The highest BCUT2D eigenvalue weighted by atomic mass is 16.3. The lowest BCUT2D eigenvalue weighted by Crippen LogP contribution is -2.46. The molecule has 2 aromatic heterocycles. The standard InChI is InChI=1S/C28H29N5O3/c1-18(2)14-24(32-13-5-6-21(25(32)34)19-9-11-30-12-10-19)26(35)33-17-28(15-20(33)16-29)22-7-3-4-8-23(22)31-27(28)36/h3-13,18,20,24,27,31,36H,14-15,17H2,1-2H3/t20-,24-,27?,28-/m0/s1. The molecule has 4 heterocycles. The average molecular weight is 484 g/mol. The zero-order valence-electron chi connectivity index (χ0n) is 20.3. The van der Waals surface area contributed by atoms with E-state index in [2.05, 4.69) is 16.4 Å². The lowest BCUT2D eigenvalue weighted by atomic mass is 9.79. The molecule has 2 aliphatic rings. The Morgan fingerprint density at radius 3 is 2.69 bits per heavy atom. The summed E-state index contributed by atoms with van der Waals surface area (Å²) in [5, 5.41) is 24.1. The lowest BCUT2D eigenvalue weighted by molar-refractivity contribution is -0.135. The Kier molecular flexibility index (Phi) is 6.10. The number of pyridine rings is 2. The molecule has 1 fully saturated rings. The molecule has 0 aliphatic carbocycles. The van der Waals surface area contributed by atoms with Crippen LogP contribution in [0.4, 0.5) is 5.69 Å². The quantitative estimate of drug-likeness (QED) is 0.576. The summed E-state index contributed by atoms with van der Waals surface area (Å²) in [7, 11) is 0. The number of amides is 1. The van der Waals surface area contributed by atoms with Crippen molar-refractivity contribution in [1.29, 1.82) is 5.26 Å². The maximum Gasteiger partial charge on any atom is 0.259 e. The van der Waals surface area contributed by atoms with E-state index in [0.717, 1.165) is 16.8 Å². The van der Waals surface area contributed by atoms with Crippen LogP contribution in [0.3, 0.4) is 0 Å². The van der Waals surface area contributed by atoms with Gasteiger partial charge in [-0.3, -0.25) is 14.6 Å². The van der Waals surface area contributed by atoms with Gasteiger partial charge in [0.05, 0.1) is 11.5 Å². The predicted molar refractivity (Wildman–Crippen MR) is 136 cm³/mol. The van der Waals surface area contributed by atoms with Gasteiger partial charge in [-0.15, -0.1) is 0 Å². The number of nitrogens with one attached hydrogen (secondary N) is 1. The number of carbonyl (C=O) groups is 1. The number of nitrogens with zero attached hydrogens (tertiary/aromatic N) is 4. The van der Waals surface area contributed by atoms with Gasteiger partial charge in [0, 0.05) is 36.4 Å². The van der Waals surface area contributed by atoms with Crippen molar-refractivity contribution in [2.45, 2.75) is 50.4 Å². The van der Waals surface area contributed by atoms with Gasteiger partial charge in [-0.1, -0.05) is 32.0 Å². The Bertz CT molecular complexity index is 1380. The number of benzene rings is 1. The first-order valence-corrected chi connectivity index (χ1v) is 12.2. The zero-order valence-corrected chi connectivity index (χ0v) is 20.3. The summed E-state index contributed by atoms with van der Waals surface area (Å²) in [6.07, 6.45) is 4.75. The first-order valence-electron chi connectivity index (χ1n) is 12.2. The van der Waals surface area contributed by atoms with Crippen LogP contribution in [0.1, 0.15) is 38.3 Å². The number of aliphatic hydroxyl groups is 1. The van der Waals surface area contributed by atoms with Crippen molar-refractivity contribution < 1.29 is 9.90 Å². The second-order valence-corrected chi connectivity index (χ2v) is 10.1. The fourth-order valence-corrected chi connectivity index (χ4v) is 5.63. The van der Waals surface area contributed by atoms with E-state index in [4.69, 9.17) is 0 Å². The molecule has 4 atom stereocenters. The Balaban J connectivity index is 1.54. The number of para-hydroxylation sites is 1. The third-order valence-electron chi connectivity index (χ3n) is 7.38. The van der Waals surface area contributed by atoms with E-state index in [1.165, 1.54) is 4.57 Å². The minimum atomic E-state index is -0.912. The number of hydrogen-bond acceptors (Lipinski definition) is 6. The Labute approximate surface area is 209 Å². The molecular weight excluding hydrogens is 454 g/mol. The van der Waals surface area contributed by atoms with Gasteiger partial charge in [0.25, 0.3) is 5.56 Å². The minimum absolute atomic E-state index is 0.131. The van der Waals surface area contributed by atoms with E-state index in [9.17, 15) is 20.0 Å². The van der Waals surface area contributed by atoms with Crippen molar-refractivity contribution in [2.75, 3.05) is 11.9 Å². The van der Waals surface area contributed by atoms with Crippen LogP contribution < -0.4 is 10.9 Å². The molecule has 2 aliphatic heterocycles. The number of nitriles is 1. The van der Waals surface area contributed by atoms with Gasteiger partial charge in [-0.2, -0.15) is 5.26 Å². The normalized spacial score (nSPS) is 23.4. The summed E-state index contributed by atoms with van der Waals surface area (Å²) < 4.78 is 1.49. The van der Waals surface area contributed by atoms with E-state index in [-0.39, 0.29) is 23.9 Å². The number of carbonyl (C=O) groups excluding carboxylic acids is 1. The average Bonchev–Trinajstić information content (AvgIpc) is 3.41. The number of aromatic nitrogens is 2. The Morgan fingerprint density at radius 1 is 1.22 bits per heavy atom. The fraction of sp³-hybridized carbons (Fsp3) is 0.357. The molecule has 0 saturated carbocycles. The van der Waals surface area contributed by atoms with Crippen molar-refractivity contribution in [3.05, 3.63) is 83.0 Å². The highest BCUT2D eigenvalue weighted by Crippen LogP contribution is 2.48. The van der Waals surface area contributed by atoms with Crippen LogP contribution in [-0.2, 0) is 10.2 Å². The van der Waals surface area contributed by atoms with Crippen molar-refractivity contribution in [3.63, 3.8) is 0 Å². The molecule has 0 bridgehead atoms. The topological polar surface area (TPSA) is 111 Å². The van der Waals surface area contributed by atoms with Gasteiger partial charge >= 0.3 is 0 Å². The van der Waals surface area contributed by atoms with Crippen molar-refractivity contribution >= 4 is 11.6 Å². The summed E-state index contributed by atoms with van der Waals surface area (Å²) in [5.74, 6) is -0.148. The summed E-state index contributed by atoms with van der Waals surface area (Å²) in [5.41, 5.74) is 1.89. The van der Waals surface area contributed by atoms with Gasteiger partial charge in [0.2, 0.25) is 5.91 Å². The number of likely N-dealkylation sites (tertiary alicyclic amines) is 1. The second kappa shape index (κ2) is 9.25. The monoisotopic (exact) mass is 483 g/mol. The number of hydrogen-bond donors (Lipinski definition) is 2. The molecule has 8 heteroatoms. The lowest BCUT2D eigenvalue weighted by Gasteiger charge is -2.30. The van der Waals surface area contributed by atoms with E-state index >= 15 is 0 Å². The molecule has 5 rings (SSSR count). The number of aliphatic hydroxyl groups excluding tert-OH is 1. The molecule has 1 unspecified atom stereocenters. The van der Waals surface area contributed by atoms with E-state index in [0.29, 0.717) is 18.4 Å². The number of anilines is 1. The first-order chi connectivity index (χ1) is 17.4. The van der Waals surface area contributed by atoms with Gasteiger partial charge in [0.15, 0.2) is 0 Å².